The Hall–Kier alpha value is -3.72. The van der Waals surface area contributed by atoms with Crippen LogP contribution in [0.3, 0.4) is 0 Å². The highest BCUT2D eigenvalue weighted by Crippen LogP contribution is 2.14. The summed E-state index contributed by atoms with van der Waals surface area (Å²) >= 11 is 0. The fourth-order valence-electron chi connectivity index (χ4n) is 3.22. The highest BCUT2D eigenvalue weighted by Gasteiger charge is 2.26. The minimum atomic E-state index is -0.964. The van der Waals surface area contributed by atoms with Gasteiger partial charge in [0.1, 0.15) is 17.8 Å². The Kier molecular flexibility index (Phi) is 10.0. The molecule has 0 heterocycles. The second kappa shape index (κ2) is 13.0. The van der Waals surface area contributed by atoms with Gasteiger partial charge < -0.3 is 26.8 Å². The normalized spacial score (nSPS) is 12.3. The average molecular weight is 455 g/mol. The molecule has 2 atom stereocenters. The van der Waals surface area contributed by atoms with Crippen LogP contribution in [0.25, 0.3) is 0 Å². The predicted molar refractivity (Wildman–Crippen MR) is 123 cm³/mol. The van der Waals surface area contributed by atoms with Gasteiger partial charge >= 0.3 is 5.97 Å². The Labute approximate surface area is 192 Å². The molecule has 176 valence electrons. The maximum absolute atomic E-state index is 13.0. The van der Waals surface area contributed by atoms with Crippen LogP contribution in [-0.2, 0) is 20.8 Å². The Morgan fingerprint density at radius 1 is 0.939 bits per heavy atom. The lowest BCUT2D eigenvalue weighted by molar-refractivity contribution is -0.131. The van der Waals surface area contributed by atoms with Gasteiger partial charge in [-0.15, -0.1) is 0 Å². The van der Waals surface area contributed by atoms with Crippen molar-refractivity contribution in [3.05, 3.63) is 65.7 Å². The molecule has 9 heteroatoms. The van der Waals surface area contributed by atoms with Crippen molar-refractivity contribution < 1.29 is 23.9 Å². The van der Waals surface area contributed by atoms with Gasteiger partial charge in [0, 0.05) is 18.9 Å². The first-order valence-electron chi connectivity index (χ1n) is 10.7. The van der Waals surface area contributed by atoms with E-state index in [0.29, 0.717) is 25.8 Å². The van der Waals surface area contributed by atoms with Crippen LogP contribution in [-0.4, -0.2) is 42.3 Å². The van der Waals surface area contributed by atoms with Crippen LogP contribution in [0.4, 0.5) is 0 Å². The topological polar surface area (TPSA) is 154 Å². The lowest BCUT2D eigenvalue weighted by Crippen LogP contribution is -2.53. The van der Waals surface area contributed by atoms with Gasteiger partial charge in [-0.3, -0.25) is 19.2 Å². The molecule has 0 aliphatic rings. The fraction of sp³-hybridized carbons (Fsp3) is 0.333. The van der Waals surface area contributed by atoms with Crippen molar-refractivity contribution in [2.45, 2.75) is 44.7 Å². The summed E-state index contributed by atoms with van der Waals surface area (Å²) in [7, 11) is 0. The van der Waals surface area contributed by atoms with Crippen LogP contribution in [0.1, 0.15) is 42.1 Å². The molecular weight excluding hydrogens is 424 g/mol. The predicted octanol–water partition coefficient (Wildman–Crippen LogP) is 1.05. The second-order valence-electron chi connectivity index (χ2n) is 7.59. The Morgan fingerprint density at radius 2 is 1.67 bits per heavy atom. The maximum Gasteiger partial charge on any atom is 0.308 e. The van der Waals surface area contributed by atoms with E-state index in [1.165, 1.54) is 13.0 Å². The van der Waals surface area contributed by atoms with Crippen molar-refractivity contribution in [1.82, 2.24) is 10.6 Å². The van der Waals surface area contributed by atoms with Crippen LogP contribution in [0.15, 0.2) is 54.6 Å². The Balaban J connectivity index is 2.19. The Bertz CT molecular complexity index is 964. The molecule has 0 unspecified atom stereocenters. The molecule has 33 heavy (non-hydrogen) atoms. The molecule has 2 rings (SSSR count). The number of amides is 3. The molecule has 0 radical (unpaired) electrons. The third-order valence-corrected chi connectivity index (χ3v) is 4.87. The van der Waals surface area contributed by atoms with Crippen LogP contribution in [0.2, 0.25) is 0 Å². The summed E-state index contributed by atoms with van der Waals surface area (Å²) in [5.41, 5.74) is 12.0. The molecule has 0 aromatic heterocycles. The van der Waals surface area contributed by atoms with E-state index < -0.39 is 35.8 Å². The first-order chi connectivity index (χ1) is 15.8. The van der Waals surface area contributed by atoms with Gasteiger partial charge in [0.25, 0.3) is 5.91 Å². The van der Waals surface area contributed by atoms with E-state index in [9.17, 15) is 19.2 Å². The van der Waals surface area contributed by atoms with Crippen molar-refractivity contribution in [3.63, 3.8) is 0 Å². The quantitative estimate of drug-likeness (QED) is 0.214. The number of nitrogens with one attached hydrogen (secondary N) is 2. The monoisotopic (exact) mass is 454 g/mol. The zero-order valence-corrected chi connectivity index (χ0v) is 18.6. The molecule has 0 fully saturated rings. The number of hydrogen-bond donors (Lipinski definition) is 4. The third kappa shape index (κ3) is 8.74. The SMILES string of the molecule is CC(=O)Oc1cccc(C(=O)N[C@@H](Cc2ccccc2)C(=O)N[C@@H](CCCCN)C(N)=O)c1. The summed E-state index contributed by atoms with van der Waals surface area (Å²) in [6, 6.07) is 13.4. The molecule has 2 aromatic carbocycles. The van der Waals surface area contributed by atoms with Gasteiger partial charge in [0.15, 0.2) is 0 Å². The standard InChI is InChI=1S/C24H30N4O5/c1-16(29)33-19-11-7-10-18(15-19)23(31)28-21(14-17-8-3-2-4-9-17)24(32)27-20(22(26)30)12-5-6-13-25/h2-4,7-11,15,20-21H,5-6,12-14,25H2,1H3,(H2,26,30)(H,27,32)(H,28,31)/t20-,21-/m0/s1. The second-order valence-corrected chi connectivity index (χ2v) is 7.59. The van der Waals surface area contributed by atoms with Gasteiger partial charge in [0.05, 0.1) is 0 Å². The van der Waals surface area contributed by atoms with Crippen LogP contribution < -0.4 is 26.8 Å². The van der Waals surface area contributed by atoms with E-state index in [-0.39, 0.29) is 17.7 Å². The number of ether oxygens (including phenoxy) is 1. The van der Waals surface area contributed by atoms with Crippen molar-refractivity contribution >= 4 is 23.7 Å². The fourth-order valence-corrected chi connectivity index (χ4v) is 3.22. The lowest BCUT2D eigenvalue weighted by Gasteiger charge is -2.22. The number of nitrogens with two attached hydrogens (primary N) is 2. The van der Waals surface area contributed by atoms with Gasteiger partial charge in [0.2, 0.25) is 11.8 Å². The van der Waals surface area contributed by atoms with Gasteiger partial charge in [-0.05, 0) is 49.6 Å². The first kappa shape index (κ1) is 25.5. The van der Waals surface area contributed by atoms with Crippen LogP contribution in [0.5, 0.6) is 5.75 Å². The van der Waals surface area contributed by atoms with Crippen LogP contribution >= 0.6 is 0 Å². The zero-order valence-electron chi connectivity index (χ0n) is 18.6. The first-order valence-corrected chi connectivity index (χ1v) is 10.7. The highest BCUT2D eigenvalue weighted by molar-refractivity contribution is 5.98. The summed E-state index contributed by atoms with van der Waals surface area (Å²) in [5, 5.41) is 5.36. The summed E-state index contributed by atoms with van der Waals surface area (Å²) in [6.45, 7) is 1.73. The van der Waals surface area contributed by atoms with E-state index in [1.54, 1.807) is 18.2 Å². The molecule has 0 bridgehead atoms. The molecule has 0 aliphatic heterocycles. The molecule has 0 saturated heterocycles. The molecule has 0 spiro atoms. The number of hydrogen-bond acceptors (Lipinski definition) is 6. The zero-order chi connectivity index (χ0) is 24.2. The summed E-state index contributed by atoms with van der Waals surface area (Å²) in [4.78, 5) is 49.0. The molecule has 0 saturated carbocycles. The Morgan fingerprint density at radius 3 is 2.30 bits per heavy atom. The lowest BCUT2D eigenvalue weighted by atomic mass is 10.0. The van der Waals surface area contributed by atoms with Gasteiger partial charge in [-0.2, -0.15) is 0 Å². The van der Waals surface area contributed by atoms with E-state index in [2.05, 4.69) is 10.6 Å². The van der Waals surface area contributed by atoms with Crippen molar-refractivity contribution in [1.29, 1.82) is 0 Å². The minimum Gasteiger partial charge on any atom is -0.427 e. The van der Waals surface area contributed by atoms with Crippen molar-refractivity contribution in [2.75, 3.05) is 6.54 Å². The number of benzene rings is 2. The maximum atomic E-state index is 13.0. The largest absolute Gasteiger partial charge is 0.427 e. The number of esters is 1. The molecular formula is C24H30N4O5. The van der Waals surface area contributed by atoms with Gasteiger partial charge in [-0.25, -0.2) is 0 Å². The average Bonchev–Trinajstić information content (AvgIpc) is 2.78. The summed E-state index contributed by atoms with van der Waals surface area (Å²) < 4.78 is 5.02. The van der Waals surface area contributed by atoms with Gasteiger partial charge in [-0.1, -0.05) is 36.4 Å². The number of unbranched alkanes of at least 4 members (excludes halogenated alkanes) is 1. The number of primary amides is 1. The molecule has 0 aliphatic carbocycles. The molecule has 2 aromatic rings. The molecule has 6 N–H and O–H groups in total. The van der Waals surface area contributed by atoms with E-state index in [0.717, 1.165) is 5.56 Å². The third-order valence-electron chi connectivity index (χ3n) is 4.87. The van der Waals surface area contributed by atoms with E-state index >= 15 is 0 Å². The smallest absolute Gasteiger partial charge is 0.308 e. The molecule has 9 nitrogen and oxygen atoms in total. The summed E-state index contributed by atoms with van der Waals surface area (Å²) in [5.74, 6) is -2.01. The number of rotatable bonds is 12. The van der Waals surface area contributed by atoms with Crippen molar-refractivity contribution in [2.24, 2.45) is 11.5 Å². The number of carbonyl (C=O) groups excluding carboxylic acids is 4. The van der Waals surface area contributed by atoms with E-state index in [1.807, 2.05) is 30.3 Å². The molecule has 3 amide bonds. The van der Waals surface area contributed by atoms with Crippen molar-refractivity contribution in [3.8, 4) is 5.75 Å². The van der Waals surface area contributed by atoms with E-state index in [4.69, 9.17) is 16.2 Å². The highest BCUT2D eigenvalue weighted by atomic mass is 16.5. The number of carbonyl (C=O) groups is 4. The van der Waals surface area contributed by atoms with Crippen LogP contribution in [0, 0.1) is 0 Å². The minimum absolute atomic E-state index is 0.205. The summed E-state index contributed by atoms with van der Waals surface area (Å²) in [6.07, 6.45) is 1.89.